The highest BCUT2D eigenvalue weighted by Crippen LogP contribution is 2.07. The summed E-state index contributed by atoms with van der Waals surface area (Å²) in [5.41, 5.74) is 11.7. The van der Waals surface area contributed by atoms with Gasteiger partial charge < -0.3 is 37.6 Å². The van der Waals surface area contributed by atoms with Crippen molar-refractivity contribution >= 4 is 23.7 Å². The summed E-state index contributed by atoms with van der Waals surface area (Å²) in [5, 5.41) is 26.8. The van der Waals surface area contributed by atoms with Crippen LogP contribution in [0.25, 0.3) is 0 Å². The van der Waals surface area contributed by atoms with E-state index >= 15 is 0 Å². The van der Waals surface area contributed by atoms with E-state index in [1.807, 2.05) is 0 Å². The third-order valence-corrected chi connectivity index (χ3v) is 4.95. The van der Waals surface area contributed by atoms with E-state index < -0.39 is 54.0 Å². The number of hydrogen-bond donors (Lipinski definition) is 7. The summed E-state index contributed by atoms with van der Waals surface area (Å²) in [7, 11) is 0. The first-order valence-corrected chi connectivity index (χ1v) is 10.9. The zero-order valence-corrected chi connectivity index (χ0v) is 19.0. The number of hydrogen-bond acceptors (Lipinski definition) is 7. The van der Waals surface area contributed by atoms with Crippen LogP contribution in [0.2, 0.25) is 0 Å². The first-order chi connectivity index (χ1) is 15.6. The van der Waals surface area contributed by atoms with Gasteiger partial charge in [0.25, 0.3) is 0 Å². The number of carboxylic acid groups (broad SMARTS) is 1. The van der Waals surface area contributed by atoms with Gasteiger partial charge in [0.2, 0.25) is 17.7 Å². The minimum atomic E-state index is -1.34. The van der Waals surface area contributed by atoms with E-state index in [2.05, 4.69) is 16.0 Å². The molecule has 33 heavy (non-hydrogen) atoms. The number of carboxylic acids is 1. The van der Waals surface area contributed by atoms with E-state index in [0.717, 1.165) is 5.56 Å². The molecule has 0 bridgehead atoms. The second-order valence-electron chi connectivity index (χ2n) is 7.95. The lowest BCUT2D eigenvalue weighted by atomic mass is 10.0. The lowest BCUT2D eigenvalue weighted by Gasteiger charge is -2.26. The second kappa shape index (κ2) is 14.2. The quantitative estimate of drug-likeness (QED) is 0.163. The van der Waals surface area contributed by atoms with Gasteiger partial charge in [-0.1, -0.05) is 30.3 Å². The Morgan fingerprint density at radius 2 is 1.52 bits per heavy atom. The highest BCUT2D eigenvalue weighted by Gasteiger charge is 2.31. The Morgan fingerprint density at radius 3 is 2.03 bits per heavy atom. The molecular weight excluding hydrogens is 430 g/mol. The van der Waals surface area contributed by atoms with Crippen molar-refractivity contribution in [1.29, 1.82) is 0 Å². The average Bonchev–Trinajstić information content (AvgIpc) is 2.76. The van der Waals surface area contributed by atoms with Gasteiger partial charge in [0.1, 0.15) is 18.1 Å². The lowest BCUT2D eigenvalue weighted by Crippen LogP contribution is -2.59. The number of nitrogens with two attached hydrogens (primary N) is 2. The number of carbonyl (C=O) groups is 4. The molecule has 0 aliphatic rings. The third-order valence-electron chi connectivity index (χ3n) is 4.95. The smallest absolute Gasteiger partial charge is 0.326 e. The molecule has 0 aromatic heterocycles. The van der Waals surface area contributed by atoms with Crippen molar-refractivity contribution in [3.8, 4) is 0 Å². The zero-order valence-electron chi connectivity index (χ0n) is 19.0. The molecule has 11 heteroatoms. The van der Waals surface area contributed by atoms with Gasteiger partial charge in [0.15, 0.2) is 0 Å². The number of unbranched alkanes of at least 4 members (excludes halogenated alkanes) is 1. The molecule has 1 aromatic rings. The molecule has 0 saturated carbocycles. The molecule has 0 aliphatic carbocycles. The van der Waals surface area contributed by atoms with E-state index in [1.165, 1.54) is 13.8 Å². The van der Waals surface area contributed by atoms with Crippen LogP contribution in [0.4, 0.5) is 0 Å². The fraction of sp³-hybridized carbons (Fsp3) is 0.545. The first kappa shape index (κ1) is 28.0. The molecule has 0 aliphatic heterocycles. The topological polar surface area (TPSA) is 197 Å². The number of nitrogens with one attached hydrogen (secondary N) is 3. The zero-order chi connectivity index (χ0) is 25.0. The molecule has 9 N–H and O–H groups in total. The van der Waals surface area contributed by atoms with E-state index in [-0.39, 0.29) is 12.8 Å². The fourth-order valence-electron chi connectivity index (χ4n) is 3.04. The SMILES string of the molecule is CC(N)C(=O)NC(C(=O)NC(CCCCN)C(=O)NC(Cc1ccccc1)C(=O)O)C(C)O. The molecule has 0 radical (unpaired) electrons. The Morgan fingerprint density at radius 1 is 0.909 bits per heavy atom. The van der Waals surface area contributed by atoms with Gasteiger partial charge in [-0.25, -0.2) is 4.79 Å². The van der Waals surface area contributed by atoms with Crippen LogP contribution in [-0.4, -0.2) is 70.7 Å². The molecular formula is C22H35N5O6. The third kappa shape index (κ3) is 9.98. The number of aliphatic hydroxyl groups excluding tert-OH is 1. The van der Waals surface area contributed by atoms with Gasteiger partial charge in [0.05, 0.1) is 12.1 Å². The van der Waals surface area contributed by atoms with E-state index in [0.29, 0.717) is 19.4 Å². The summed E-state index contributed by atoms with van der Waals surface area (Å²) >= 11 is 0. The molecule has 0 fully saturated rings. The Hall–Kier alpha value is -3.02. The van der Waals surface area contributed by atoms with Crippen molar-refractivity contribution in [2.75, 3.05) is 6.54 Å². The molecule has 11 nitrogen and oxygen atoms in total. The van der Waals surface area contributed by atoms with E-state index in [9.17, 15) is 29.4 Å². The summed E-state index contributed by atoms with van der Waals surface area (Å²) < 4.78 is 0. The van der Waals surface area contributed by atoms with Gasteiger partial charge in [0, 0.05) is 6.42 Å². The highest BCUT2D eigenvalue weighted by molar-refractivity contribution is 5.94. The summed E-state index contributed by atoms with van der Waals surface area (Å²) in [6, 6.07) is 4.27. The molecule has 1 aromatic carbocycles. The van der Waals surface area contributed by atoms with Crippen molar-refractivity contribution in [2.45, 2.75) is 69.8 Å². The van der Waals surface area contributed by atoms with Gasteiger partial charge in [-0.05, 0) is 45.2 Å². The summed E-state index contributed by atoms with van der Waals surface area (Å²) in [5.74, 6) is -3.34. The molecule has 3 amide bonds. The average molecular weight is 466 g/mol. The molecule has 5 atom stereocenters. The Balaban J connectivity index is 2.96. The normalized spacial score (nSPS) is 15.4. The molecule has 184 valence electrons. The van der Waals surface area contributed by atoms with Gasteiger partial charge >= 0.3 is 5.97 Å². The fourth-order valence-corrected chi connectivity index (χ4v) is 3.04. The summed E-state index contributed by atoms with van der Waals surface area (Å²) in [6.07, 6.45) is 0.0847. The van der Waals surface area contributed by atoms with Gasteiger partial charge in [-0.15, -0.1) is 0 Å². The van der Waals surface area contributed by atoms with Crippen LogP contribution >= 0.6 is 0 Å². The number of benzene rings is 1. The van der Waals surface area contributed by atoms with Gasteiger partial charge in [-0.3, -0.25) is 14.4 Å². The van der Waals surface area contributed by atoms with Crippen LogP contribution in [0.3, 0.4) is 0 Å². The summed E-state index contributed by atoms with van der Waals surface area (Å²) in [6.45, 7) is 3.12. The molecule has 0 saturated heterocycles. The summed E-state index contributed by atoms with van der Waals surface area (Å²) in [4.78, 5) is 49.3. The molecule has 1 rings (SSSR count). The van der Waals surface area contributed by atoms with Crippen LogP contribution in [-0.2, 0) is 25.6 Å². The second-order valence-corrected chi connectivity index (χ2v) is 7.95. The van der Waals surface area contributed by atoms with Crippen molar-refractivity contribution in [1.82, 2.24) is 16.0 Å². The number of amides is 3. The van der Waals surface area contributed by atoms with Crippen molar-refractivity contribution < 1.29 is 29.4 Å². The Bertz CT molecular complexity index is 787. The Labute approximate surface area is 193 Å². The molecule has 0 heterocycles. The first-order valence-electron chi connectivity index (χ1n) is 10.9. The maximum absolute atomic E-state index is 12.9. The molecule has 0 spiro atoms. The monoisotopic (exact) mass is 465 g/mol. The van der Waals surface area contributed by atoms with E-state index in [4.69, 9.17) is 11.5 Å². The lowest BCUT2D eigenvalue weighted by molar-refractivity contribution is -0.142. The van der Waals surface area contributed by atoms with Crippen LogP contribution < -0.4 is 27.4 Å². The predicted molar refractivity (Wildman–Crippen MR) is 122 cm³/mol. The van der Waals surface area contributed by atoms with Gasteiger partial charge in [-0.2, -0.15) is 0 Å². The molecule has 5 unspecified atom stereocenters. The van der Waals surface area contributed by atoms with E-state index in [1.54, 1.807) is 30.3 Å². The van der Waals surface area contributed by atoms with Crippen LogP contribution in [0.5, 0.6) is 0 Å². The van der Waals surface area contributed by atoms with Crippen molar-refractivity contribution in [3.63, 3.8) is 0 Å². The number of rotatable bonds is 14. The maximum Gasteiger partial charge on any atom is 0.326 e. The number of carbonyl (C=O) groups excluding carboxylic acids is 3. The number of aliphatic hydroxyl groups is 1. The van der Waals surface area contributed by atoms with Crippen molar-refractivity contribution in [2.24, 2.45) is 11.5 Å². The standard InChI is InChI=1S/C22H35N5O6/c1-13(24)19(29)27-18(14(2)28)21(31)25-16(10-6-7-11-23)20(30)26-17(22(32)33)12-15-8-4-3-5-9-15/h3-5,8-9,13-14,16-18,28H,6-7,10-12,23-24H2,1-2H3,(H,25,31)(H,26,30)(H,27,29)(H,32,33). The minimum Gasteiger partial charge on any atom is -0.480 e. The minimum absolute atomic E-state index is 0.0616. The van der Waals surface area contributed by atoms with Crippen molar-refractivity contribution in [3.05, 3.63) is 35.9 Å². The van der Waals surface area contributed by atoms with Crippen LogP contribution in [0, 0.1) is 0 Å². The predicted octanol–water partition coefficient (Wildman–Crippen LogP) is -1.37. The maximum atomic E-state index is 12.9. The Kier molecular flexibility index (Phi) is 12.0. The highest BCUT2D eigenvalue weighted by atomic mass is 16.4. The van der Waals surface area contributed by atoms with Crippen LogP contribution in [0.1, 0.15) is 38.7 Å². The number of aliphatic carboxylic acids is 1. The largest absolute Gasteiger partial charge is 0.480 e. The van der Waals surface area contributed by atoms with Crippen LogP contribution in [0.15, 0.2) is 30.3 Å².